The Kier molecular flexibility index (Phi) is 68.4. The van der Waals surface area contributed by atoms with Crippen LogP contribution >= 0.6 is 15.6 Å². The molecule has 97 heavy (non-hydrogen) atoms. The summed E-state index contributed by atoms with van der Waals surface area (Å²) >= 11 is 0. The molecule has 3 unspecified atom stereocenters. The molecule has 0 saturated carbocycles. The Balaban J connectivity index is 5.24. The number of hydrogen-bond donors (Lipinski definition) is 3. The molecular formula is C78H152O17P2. The van der Waals surface area contributed by atoms with Crippen molar-refractivity contribution in [1.29, 1.82) is 0 Å². The van der Waals surface area contributed by atoms with Crippen LogP contribution in [0.5, 0.6) is 0 Å². The van der Waals surface area contributed by atoms with Crippen LogP contribution in [0.3, 0.4) is 0 Å². The summed E-state index contributed by atoms with van der Waals surface area (Å²) in [7, 11) is -9.91. The van der Waals surface area contributed by atoms with Gasteiger partial charge in [0.2, 0.25) is 0 Å². The van der Waals surface area contributed by atoms with Crippen molar-refractivity contribution in [3.63, 3.8) is 0 Å². The molecule has 0 aliphatic carbocycles. The molecule has 0 aromatic carbocycles. The zero-order valence-electron chi connectivity index (χ0n) is 63.4. The number of phosphoric ester groups is 2. The van der Waals surface area contributed by atoms with Crippen LogP contribution in [0.1, 0.15) is 408 Å². The fraction of sp³-hybridized carbons (Fsp3) is 0.949. The van der Waals surface area contributed by atoms with E-state index in [1.165, 1.54) is 218 Å². The number of esters is 4. The minimum Gasteiger partial charge on any atom is -0.462 e. The Labute approximate surface area is 594 Å². The van der Waals surface area contributed by atoms with E-state index in [0.29, 0.717) is 25.7 Å². The minimum atomic E-state index is -4.96. The Morgan fingerprint density at radius 3 is 0.784 bits per heavy atom. The fourth-order valence-electron chi connectivity index (χ4n) is 12.0. The zero-order valence-corrected chi connectivity index (χ0v) is 65.2. The number of carbonyl (C=O) groups is 4. The molecule has 0 saturated heterocycles. The summed E-state index contributed by atoms with van der Waals surface area (Å²) in [5, 5.41) is 10.6. The molecule has 0 heterocycles. The first-order valence-corrected chi connectivity index (χ1v) is 43.5. The second-order valence-corrected chi connectivity index (χ2v) is 31.7. The lowest BCUT2D eigenvalue weighted by Crippen LogP contribution is -2.30. The van der Waals surface area contributed by atoms with Crippen molar-refractivity contribution in [2.45, 2.75) is 426 Å². The first-order valence-electron chi connectivity index (χ1n) is 40.5. The molecule has 0 amide bonds. The highest BCUT2D eigenvalue weighted by molar-refractivity contribution is 7.47. The standard InChI is InChI=1S/C78H152O17P2/c1-7-10-12-14-16-18-20-22-24-25-26-27-28-30-34-39-43-51-57-63-77(82)94-73(66-88-75(80)60-54-48-41-37-35-31-32-36-40-46-52-58-70(4)5)68-92-96(84,85)90-64-72(79)65-91-97(86,87)93-69-74(67-89-76(81)61-55-49-45-44-47-53-59-71(6)9-3)95-78(83)62-56-50-42-38-33-29-23-21-19-17-15-13-11-8-2/h70-74,79H,7-69H2,1-6H3,(H,84,85)(H,86,87)/t71?,72-,73-,74-/m1/s1. The molecule has 0 fully saturated rings. The number of unbranched alkanes of at least 4 members (excludes halogenated alkanes) is 46. The topological polar surface area (TPSA) is 237 Å². The predicted octanol–water partition coefficient (Wildman–Crippen LogP) is 23.1. The molecule has 19 heteroatoms. The van der Waals surface area contributed by atoms with Gasteiger partial charge in [-0.1, -0.05) is 356 Å². The van der Waals surface area contributed by atoms with E-state index in [1.54, 1.807) is 0 Å². The lowest BCUT2D eigenvalue weighted by atomic mass is 10.00. The van der Waals surface area contributed by atoms with E-state index >= 15 is 0 Å². The van der Waals surface area contributed by atoms with Crippen molar-refractivity contribution in [2.24, 2.45) is 11.8 Å². The van der Waals surface area contributed by atoms with Crippen LogP contribution < -0.4 is 0 Å². The quantitative estimate of drug-likeness (QED) is 0.0222. The van der Waals surface area contributed by atoms with E-state index in [9.17, 15) is 43.2 Å². The molecule has 0 radical (unpaired) electrons. The van der Waals surface area contributed by atoms with Gasteiger partial charge in [-0.15, -0.1) is 0 Å². The highest BCUT2D eigenvalue weighted by Gasteiger charge is 2.30. The summed E-state index contributed by atoms with van der Waals surface area (Å²) in [5.41, 5.74) is 0. The third-order valence-electron chi connectivity index (χ3n) is 18.6. The molecule has 0 aliphatic heterocycles. The summed E-state index contributed by atoms with van der Waals surface area (Å²) in [6, 6.07) is 0. The largest absolute Gasteiger partial charge is 0.472 e. The van der Waals surface area contributed by atoms with Gasteiger partial charge in [0.05, 0.1) is 26.4 Å². The third kappa shape index (κ3) is 70.9. The number of aliphatic hydroxyl groups is 1. The summed E-state index contributed by atoms with van der Waals surface area (Å²) in [5.74, 6) is -0.611. The highest BCUT2D eigenvalue weighted by atomic mass is 31.2. The molecule has 3 N–H and O–H groups in total. The van der Waals surface area contributed by atoms with Crippen molar-refractivity contribution in [3.8, 4) is 0 Å². The summed E-state index contributed by atoms with van der Waals surface area (Å²) < 4.78 is 68.6. The zero-order chi connectivity index (χ0) is 71.4. The first-order chi connectivity index (χ1) is 46.9. The average Bonchev–Trinajstić information content (AvgIpc) is 1.77. The second-order valence-electron chi connectivity index (χ2n) is 28.8. The molecule has 0 bridgehead atoms. The van der Waals surface area contributed by atoms with E-state index in [-0.39, 0.29) is 25.7 Å². The maximum atomic E-state index is 13.1. The molecule has 6 atom stereocenters. The highest BCUT2D eigenvalue weighted by Crippen LogP contribution is 2.45. The molecular weight excluding hydrogens is 1270 g/mol. The third-order valence-corrected chi connectivity index (χ3v) is 20.5. The van der Waals surface area contributed by atoms with Crippen LogP contribution in [0, 0.1) is 11.8 Å². The van der Waals surface area contributed by atoms with Gasteiger partial charge in [0, 0.05) is 25.7 Å². The summed E-state index contributed by atoms with van der Waals surface area (Å²) in [4.78, 5) is 72.9. The Hall–Kier alpha value is -1.94. The van der Waals surface area contributed by atoms with Crippen LogP contribution in [0.4, 0.5) is 0 Å². The van der Waals surface area contributed by atoms with Gasteiger partial charge in [-0.3, -0.25) is 37.3 Å². The van der Waals surface area contributed by atoms with Crippen LogP contribution in [0.2, 0.25) is 0 Å². The van der Waals surface area contributed by atoms with Crippen molar-refractivity contribution >= 4 is 39.5 Å². The number of hydrogen-bond acceptors (Lipinski definition) is 15. The van der Waals surface area contributed by atoms with Crippen molar-refractivity contribution in [1.82, 2.24) is 0 Å². The van der Waals surface area contributed by atoms with E-state index in [4.69, 9.17) is 37.0 Å². The first kappa shape index (κ1) is 95.1. The maximum absolute atomic E-state index is 13.1. The average molecular weight is 1420 g/mol. The van der Waals surface area contributed by atoms with E-state index < -0.39 is 97.5 Å². The number of ether oxygens (including phenoxy) is 4. The van der Waals surface area contributed by atoms with Crippen LogP contribution in [0.25, 0.3) is 0 Å². The Morgan fingerprint density at radius 1 is 0.299 bits per heavy atom. The fourth-order valence-corrected chi connectivity index (χ4v) is 13.6. The Morgan fingerprint density at radius 2 is 0.526 bits per heavy atom. The van der Waals surface area contributed by atoms with E-state index in [0.717, 1.165) is 108 Å². The second kappa shape index (κ2) is 69.8. The summed E-state index contributed by atoms with van der Waals surface area (Å²) in [6.07, 6.45) is 58.3. The van der Waals surface area contributed by atoms with Gasteiger partial charge in [-0.25, -0.2) is 9.13 Å². The minimum absolute atomic E-state index is 0.107. The molecule has 0 rings (SSSR count). The monoisotopic (exact) mass is 1420 g/mol. The molecule has 0 aliphatic rings. The number of aliphatic hydroxyl groups excluding tert-OH is 1. The van der Waals surface area contributed by atoms with Gasteiger partial charge in [0.1, 0.15) is 19.3 Å². The molecule has 0 aromatic heterocycles. The maximum Gasteiger partial charge on any atom is 0.472 e. The normalized spacial score (nSPS) is 14.2. The van der Waals surface area contributed by atoms with Crippen LogP contribution in [-0.4, -0.2) is 96.7 Å². The number of rotatable bonds is 77. The smallest absolute Gasteiger partial charge is 0.462 e. The van der Waals surface area contributed by atoms with Crippen LogP contribution in [-0.2, 0) is 65.4 Å². The number of phosphoric acid groups is 2. The lowest BCUT2D eigenvalue weighted by molar-refractivity contribution is -0.161. The van der Waals surface area contributed by atoms with Gasteiger partial charge in [-0.05, 0) is 37.5 Å². The van der Waals surface area contributed by atoms with Gasteiger partial charge in [0.15, 0.2) is 12.2 Å². The molecule has 0 aromatic rings. The lowest BCUT2D eigenvalue weighted by Gasteiger charge is -2.21. The van der Waals surface area contributed by atoms with Gasteiger partial charge in [-0.2, -0.15) is 0 Å². The molecule has 0 spiro atoms. The SMILES string of the molecule is CCCCCCCCCCCCCCCCCCCCCC(=O)O[C@H](COC(=O)CCCCCCCCCCCCCC(C)C)COP(=O)(O)OC[C@@H](O)COP(=O)(O)OC[C@@H](COC(=O)CCCCCCCCC(C)CC)OC(=O)CCCCCCCCCCCCCCCC. The van der Waals surface area contributed by atoms with Crippen molar-refractivity contribution < 1.29 is 80.2 Å². The van der Waals surface area contributed by atoms with E-state index in [1.807, 2.05) is 0 Å². The van der Waals surface area contributed by atoms with E-state index in [2.05, 4.69) is 41.5 Å². The van der Waals surface area contributed by atoms with Crippen LogP contribution in [0.15, 0.2) is 0 Å². The van der Waals surface area contributed by atoms with Gasteiger partial charge < -0.3 is 33.8 Å². The molecule has 576 valence electrons. The Bertz CT molecular complexity index is 1870. The number of carbonyl (C=O) groups excluding carboxylic acids is 4. The van der Waals surface area contributed by atoms with Gasteiger partial charge in [0.25, 0.3) is 0 Å². The predicted molar refractivity (Wildman–Crippen MR) is 395 cm³/mol. The molecule has 17 nitrogen and oxygen atoms in total. The summed E-state index contributed by atoms with van der Waals surface area (Å²) in [6.45, 7) is 9.58. The van der Waals surface area contributed by atoms with Crippen molar-refractivity contribution in [2.75, 3.05) is 39.6 Å². The van der Waals surface area contributed by atoms with Crippen molar-refractivity contribution in [3.05, 3.63) is 0 Å². The van der Waals surface area contributed by atoms with Gasteiger partial charge >= 0.3 is 39.5 Å².